The number of carbonyl (C=O) groups is 1. The molecular weight excluding hydrogens is 255 g/mol. The van der Waals surface area contributed by atoms with Crippen LogP contribution in [0.1, 0.15) is 17.5 Å². The average molecular weight is 266 g/mol. The van der Waals surface area contributed by atoms with Gasteiger partial charge in [-0.2, -0.15) is 0 Å². The summed E-state index contributed by atoms with van der Waals surface area (Å²) < 4.78 is 13.5. The number of carboxylic acid groups (broad SMARTS) is 1. The summed E-state index contributed by atoms with van der Waals surface area (Å²) in [4.78, 5) is 14.7. The molecule has 6 heteroatoms. The molecule has 1 aromatic carbocycles. The van der Waals surface area contributed by atoms with E-state index in [0.717, 1.165) is 0 Å². The van der Waals surface area contributed by atoms with Crippen molar-refractivity contribution in [3.8, 4) is 11.3 Å². The van der Waals surface area contributed by atoms with E-state index in [-0.39, 0.29) is 12.2 Å². The summed E-state index contributed by atoms with van der Waals surface area (Å²) in [7, 11) is 0. The Morgan fingerprint density at radius 3 is 2.89 bits per heavy atom. The summed E-state index contributed by atoms with van der Waals surface area (Å²) in [6, 6.07) is 5.63. The van der Waals surface area contributed by atoms with Crippen molar-refractivity contribution < 1.29 is 14.3 Å². The highest BCUT2D eigenvalue weighted by atomic mass is 32.1. The number of benzene rings is 1. The molecule has 0 radical (unpaired) electrons. The first-order valence-electron chi connectivity index (χ1n) is 5.25. The van der Waals surface area contributed by atoms with Crippen LogP contribution >= 0.6 is 11.3 Å². The normalized spacial score (nSPS) is 12.3. The average Bonchev–Trinajstić information content (AvgIpc) is 2.78. The molecule has 2 rings (SSSR count). The molecule has 94 valence electrons. The van der Waals surface area contributed by atoms with Crippen LogP contribution in [-0.4, -0.2) is 16.1 Å². The van der Waals surface area contributed by atoms with E-state index in [1.54, 1.807) is 23.6 Å². The number of carboxylic acids is 1. The lowest BCUT2D eigenvalue weighted by atomic mass is 10.1. The maximum Gasteiger partial charge on any atom is 0.305 e. The SMILES string of the molecule is NC(CC(=O)O)c1nc(-c2ccccc2F)cs1. The van der Waals surface area contributed by atoms with Gasteiger partial charge in [-0.25, -0.2) is 9.37 Å². The summed E-state index contributed by atoms with van der Waals surface area (Å²) in [5, 5.41) is 10.8. The van der Waals surface area contributed by atoms with Crippen LogP contribution in [0, 0.1) is 5.82 Å². The highest BCUT2D eigenvalue weighted by molar-refractivity contribution is 7.10. The Kier molecular flexibility index (Phi) is 3.69. The van der Waals surface area contributed by atoms with E-state index < -0.39 is 12.0 Å². The van der Waals surface area contributed by atoms with E-state index >= 15 is 0 Å². The number of halogens is 1. The van der Waals surface area contributed by atoms with Crippen LogP contribution in [0.4, 0.5) is 4.39 Å². The van der Waals surface area contributed by atoms with Gasteiger partial charge in [0.1, 0.15) is 10.8 Å². The quantitative estimate of drug-likeness (QED) is 0.891. The van der Waals surface area contributed by atoms with Crippen molar-refractivity contribution in [3.05, 3.63) is 40.5 Å². The molecule has 0 aliphatic carbocycles. The number of nitrogens with two attached hydrogens (primary N) is 1. The van der Waals surface area contributed by atoms with E-state index in [1.807, 2.05) is 0 Å². The molecule has 18 heavy (non-hydrogen) atoms. The molecule has 0 spiro atoms. The first kappa shape index (κ1) is 12.7. The van der Waals surface area contributed by atoms with Crippen LogP contribution in [-0.2, 0) is 4.79 Å². The zero-order valence-electron chi connectivity index (χ0n) is 9.34. The van der Waals surface area contributed by atoms with Crippen molar-refractivity contribution in [1.82, 2.24) is 4.98 Å². The Morgan fingerprint density at radius 1 is 1.50 bits per heavy atom. The summed E-state index contributed by atoms with van der Waals surface area (Å²) in [6.07, 6.45) is -0.190. The summed E-state index contributed by atoms with van der Waals surface area (Å²) in [5.41, 5.74) is 6.57. The maximum absolute atomic E-state index is 13.5. The van der Waals surface area contributed by atoms with Gasteiger partial charge in [-0.3, -0.25) is 4.79 Å². The molecule has 0 saturated carbocycles. The van der Waals surface area contributed by atoms with Gasteiger partial charge < -0.3 is 10.8 Å². The predicted molar refractivity (Wildman–Crippen MR) is 66.7 cm³/mol. The van der Waals surface area contributed by atoms with Crippen molar-refractivity contribution in [2.45, 2.75) is 12.5 Å². The van der Waals surface area contributed by atoms with Crippen LogP contribution < -0.4 is 5.73 Å². The summed E-state index contributed by atoms with van der Waals surface area (Å²) in [6.45, 7) is 0. The molecule has 1 heterocycles. The highest BCUT2D eigenvalue weighted by Crippen LogP contribution is 2.27. The fraction of sp³-hybridized carbons (Fsp3) is 0.167. The van der Waals surface area contributed by atoms with Crippen molar-refractivity contribution in [2.24, 2.45) is 5.73 Å². The molecular formula is C12H11FN2O2S. The molecule has 3 N–H and O–H groups in total. The highest BCUT2D eigenvalue weighted by Gasteiger charge is 2.16. The van der Waals surface area contributed by atoms with Gasteiger partial charge >= 0.3 is 5.97 Å². The lowest BCUT2D eigenvalue weighted by Gasteiger charge is -2.03. The monoisotopic (exact) mass is 266 g/mol. The van der Waals surface area contributed by atoms with Gasteiger partial charge in [-0.05, 0) is 12.1 Å². The second kappa shape index (κ2) is 5.24. The van der Waals surface area contributed by atoms with Gasteiger partial charge in [-0.15, -0.1) is 11.3 Å². The maximum atomic E-state index is 13.5. The van der Waals surface area contributed by atoms with Crippen LogP contribution in [0.5, 0.6) is 0 Å². The largest absolute Gasteiger partial charge is 0.481 e. The second-order valence-corrected chi connectivity index (χ2v) is 4.64. The third kappa shape index (κ3) is 2.72. The number of hydrogen-bond donors (Lipinski definition) is 2. The Morgan fingerprint density at radius 2 is 2.22 bits per heavy atom. The molecule has 4 nitrogen and oxygen atoms in total. The van der Waals surface area contributed by atoms with E-state index in [0.29, 0.717) is 16.3 Å². The van der Waals surface area contributed by atoms with E-state index in [2.05, 4.69) is 4.98 Å². The summed E-state index contributed by atoms with van der Waals surface area (Å²) in [5.74, 6) is -1.34. The van der Waals surface area contributed by atoms with Crippen LogP contribution in [0.3, 0.4) is 0 Å². The molecule has 1 atom stereocenters. The third-order valence-electron chi connectivity index (χ3n) is 2.38. The van der Waals surface area contributed by atoms with Crippen molar-refractivity contribution >= 4 is 17.3 Å². The number of hydrogen-bond acceptors (Lipinski definition) is 4. The smallest absolute Gasteiger partial charge is 0.305 e. The Hall–Kier alpha value is -1.79. The fourth-order valence-electron chi connectivity index (χ4n) is 1.53. The fourth-order valence-corrected chi connectivity index (χ4v) is 2.35. The van der Waals surface area contributed by atoms with Gasteiger partial charge in [-0.1, -0.05) is 12.1 Å². The number of aromatic nitrogens is 1. The van der Waals surface area contributed by atoms with Gasteiger partial charge in [0.25, 0.3) is 0 Å². The minimum atomic E-state index is -0.981. The predicted octanol–water partition coefficient (Wildman–Crippen LogP) is 2.42. The zero-order valence-corrected chi connectivity index (χ0v) is 10.2. The van der Waals surface area contributed by atoms with E-state index in [9.17, 15) is 9.18 Å². The molecule has 2 aromatic rings. The van der Waals surface area contributed by atoms with Gasteiger partial charge in [0.15, 0.2) is 0 Å². The zero-order chi connectivity index (χ0) is 13.1. The Labute approximate surface area is 107 Å². The first-order valence-corrected chi connectivity index (χ1v) is 6.13. The van der Waals surface area contributed by atoms with Gasteiger partial charge in [0, 0.05) is 10.9 Å². The van der Waals surface area contributed by atoms with E-state index in [4.69, 9.17) is 10.8 Å². The van der Waals surface area contributed by atoms with Crippen molar-refractivity contribution in [1.29, 1.82) is 0 Å². The minimum absolute atomic E-state index is 0.190. The van der Waals surface area contributed by atoms with Crippen molar-refractivity contribution in [3.63, 3.8) is 0 Å². The van der Waals surface area contributed by atoms with Crippen LogP contribution in [0.25, 0.3) is 11.3 Å². The molecule has 0 fully saturated rings. The third-order valence-corrected chi connectivity index (χ3v) is 3.36. The van der Waals surface area contributed by atoms with Crippen LogP contribution in [0.15, 0.2) is 29.6 Å². The topological polar surface area (TPSA) is 76.2 Å². The number of nitrogens with zero attached hydrogens (tertiary/aromatic N) is 1. The number of thiazole rings is 1. The van der Waals surface area contributed by atoms with Crippen molar-refractivity contribution in [2.75, 3.05) is 0 Å². The molecule has 0 saturated heterocycles. The van der Waals surface area contributed by atoms with Gasteiger partial charge in [0.05, 0.1) is 18.2 Å². The Bertz CT molecular complexity index is 571. The molecule has 0 amide bonds. The number of aliphatic carboxylic acids is 1. The first-order chi connectivity index (χ1) is 8.58. The van der Waals surface area contributed by atoms with Gasteiger partial charge in [0.2, 0.25) is 0 Å². The number of rotatable bonds is 4. The lowest BCUT2D eigenvalue weighted by molar-refractivity contribution is -0.137. The standard InChI is InChI=1S/C12H11FN2O2S/c13-8-4-2-1-3-7(8)10-6-18-12(15-10)9(14)5-11(16)17/h1-4,6,9H,5,14H2,(H,16,17). The summed E-state index contributed by atoms with van der Waals surface area (Å²) >= 11 is 1.24. The second-order valence-electron chi connectivity index (χ2n) is 3.76. The molecule has 1 aromatic heterocycles. The lowest BCUT2D eigenvalue weighted by Crippen LogP contribution is -2.14. The minimum Gasteiger partial charge on any atom is -0.481 e. The Balaban J connectivity index is 2.26. The molecule has 0 aliphatic rings. The molecule has 0 aliphatic heterocycles. The van der Waals surface area contributed by atoms with E-state index in [1.165, 1.54) is 17.4 Å². The van der Waals surface area contributed by atoms with Crippen LogP contribution in [0.2, 0.25) is 0 Å². The molecule has 0 bridgehead atoms. The molecule has 1 unspecified atom stereocenters.